The Morgan fingerprint density at radius 3 is 1.92 bits per heavy atom. The molecule has 0 saturated carbocycles. The number of aromatic nitrogens is 2. The van der Waals surface area contributed by atoms with Gasteiger partial charge in [-0.05, 0) is 76.5 Å². The normalized spacial score (nSPS) is 12.1. The third-order valence-corrected chi connectivity index (χ3v) is 10.3. The van der Waals surface area contributed by atoms with E-state index in [-0.39, 0.29) is 0 Å². The van der Waals surface area contributed by atoms with Gasteiger partial charge in [0.25, 0.3) is 0 Å². The monoisotopic (exact) mass is 624 g/mol. The van der Waals surface area contributed by atoms with Gasteiger partial charge in [0, 0.05) is 43.7 Å². The summed E-state index contributed by atoms with van der Waals surface area (Å²) < 4.78 is 11.6. The maximum atomic E-state index is 6.80. The SMILES string of the molecule is c1ccc(-n2c3ccccc3c3ccc(-c4cc5c6ccccc6oc5c5c4c4ccccc4n5-c4ccc5ccccc5c4)cc32)cc1. The summed E-state index contributed by atoms with van der Waals surface area (Å²) in [7, 11) is 0. The van der Waals surface area contributed by atoms with E-state index in [1.54, 1.807) is 0 Å². The van der Waals surface area contributed by atoms with Gasteiger partial charge in [-0.15, -0.1) is 0 Å². The van der Waals surface area contributed by atoms with Crippen molar-refractivity contribution in [3.05, 3.63) is 170 Å². The Labute approximate surface area is 281 Å². The van der Waals surface area contributed by atoms with Gasteiger partial charge in [0.05, 0.1) is 22.1 Å². The molecule has 0 N–H and O–H groups in total. The summed E-state index contributed by atoms with van der Waals surface area (Å²) in [6.45, 7) is 0. The molecule has 0 aliphatic heterocycles. The molecule has 0 bridgehead atoms. The van der Waals surface area contributed by atoms with Crippen LogP contribution >= 0.6 is 0 Å². The summed E-state index contributed by atoms with van der Waals surface area (Å²) in [5, 5.41) is 9.56. The van der Waals surface area contributed by atoms with Crippen LogP contribution in [-0.2, 0) is 0 Å². The lowest BCUT2D eigenvalue weighted by Crippen LogP contribution is -1.95. The zero-order valence-electron chi connectivity index (χ0n) is 26.5. The van der Waals surface area contributed by atoms with Crippen LogP contribution in [0, 0.1) is 0 Å². The van der Waals surface area contributed by atoms with Crippen LogP contribution in [0.5, 0.6) is 0 Å². The molecule has 3 nitrogen and oxygen atoms in total. The summed E-state index contributed by atoms with van der Waals surface area (Å²) in [5.74, 6) is 0. The molecule has 3 heterocycles. The van der Waals surface area contributed by atoms with Gasteiger partial charge in [-0.2, -0.15) is 0 Å². The molecule has 0 amide bonds. The molecule has 228 valence electrons. The average Bonchev–Trinajstić information content (AvgIpc) is 3.82. The maximum Gasteiger partial charge on any atom is 0.160 e. The lowest BCUT2D eigenvalue weighted by atomic mass is 9.96. The first-order chi connectivity index (χ1) is 24.3. The van der Waals surface area contributed by atoms with Gasteiger partial charge in [0.15, 0.2) is 5.58 Å². The van der Waals surface area contributed by atoms with E-state index in [0.29, 0.717) is 0 Å². The highest BCUT2D eigenvalue weighted by molar-refractivity contribution is 6.26. The van der Waals surface area contributed by atoms with Gasteiger partial charge in [-0.3, -0.25) is 0 Å². The van der Waals surface area contributed by atoms with E-state index < -0.39 is 0 Å². The predicted molar refractivity (Wildman–Crippen MR) is 205 cm³/mol. The molecule has 0 aliphatic rings. The molecular weight excluding hydrogens is 597 g/mol. The molecule has 0 aliphatic carbocycles. The largest absolute Gasteiger partial charge is 0.454 e. The molecule has 11 rings (SSSR count). The highest BCUT2D eigenvalue weighted by Gasteiger charge is 2.23. The average molecular weight is 625 g/mol. The van der Waals surface area contributed by atoms with Crippen LogP contribution < -0.4 is 0 Å². The third-order valence-electron chi connectivity index (χ3n) is 10.3. The number of rotatable bonds is 3. The topological polar surface area (TPSA) is 23.0 Å². The van der Waals surface area contributed by atoms with Gasteiger partial charge in [0.2, 0.25) is 0 Å². The highest BCUT2D eigenvalue weighted by atomic mass is 16.3. The van der Waals surface area contributed by atoms with Crippen molar-refractivity contribution in [1.29, 1.82) is 0 Å². The van der Waals surface area contributed by atoms with Gasteiger partial charge in [-0.1, -0.05) is 115 Å². The van der Waals surface area contributed by atoms with Crippen LogP contribution in [0.1, 0.15) is 0 Å². The van der Waals surface area contributed by atoms with Crippen molar-refractivity contribution in [3.63, 3.8) is 0 Å². The van der Waals surface area contributed by atoms with Crippen molar-refractivity contribution in [2.75, 3.05) is 0 Å². The highest BCUT2D eigenvalue weighted by Crippen LogP contribution is 2.46. The van der Waals surface area contributed by atoms with Crippen molar-refractivity contribution in [2.24, 2.45) is 0 Å². The van der Waals surface area contributed by atoms with E-state index in [9.17, 15) is 0 Å². The van der Waals surface area contributed by atoms with Crippen LogP contribution in [0.15, 0.2) is 174 Å². The van der Waals surface area contributed by atoms with E-state index in [4.69, 9.17) is 4.42 Å². The van der Waals surface area contributed by atoms with Gasteiger partial charge in [-0.25, -0.2) is 0 Å². The second-order valence-corrected chi connectivity index (χ2v) is 12.9. The van der Waals surface area contributed by atoms with Crippen LogP contribution in [0.25, 0.3) is 98.8 Å². The second kappa shape index (κ2) is 9.96. The molecular formula is C46H28N2O. The summed E-state index contributed by atoms with van der Waals surface area (Å²) in [4.78, 5) is 0. The Balaban J connectivity index is 1.31. The molecule has 3 heteroatoms. The van der Waals surface area contributed by atoms with Crippen LogP contribution in [0.2, 0.25) is 0 Å². The van der Waals surface area contributed by atoms with Crippen molar-refractivity contribution in [3.8, 4) is 22.5 Å². The van der Waals surface area contributed by atoms with E-state index in [0.717, 1.165) is 44.3 Å². The van der Waals surface area contributed by atoms with Gasteiger partial charge in [0.1, 0.15) is 5.58 Å². The Morgan fingerprint density at radius 1 is 0.388 bits per heavy atom. The summed E-state index contributed by atoms with van der Waals surface area (Å²) in [5.41, 5.74) is 11.1. The summed E-state index contributed by atoms with van der Waals surface area (Å²) in [6, 6.07) is 61.3. The summed E-state index contributed by atoms with van der Waals surface area (Å²) >= 11 is 0. The van der Waals surface area contributed by atoms with Crippen LogP contribution in [0.4, 0.5) is 0 Å². The maximum absolute atomic E-state index is 6.80. The minimum Gasteiger partial charge on any atom is -0.454 e. The molecule has 11 aromatic rings. The molecule has 0 fully saturated rings. The first kappa shape index (κ1) is 26.5. The van der Waals surface area contributed by atoms with E-state index in [1.807, 2.05) is 0 Å². The number of para-hydroxylation sites is 4. The molecule has 0 atom stereocenters. The van der Waals surface area contributed by atoms with Crippen molar-refractivity contribution >= 4 is 76.3 Å². The fraction of sp³-hybridized carbons (Fsp3) is 0. The molecule has 8 aromatic carbocycles. The molecule has 49 heavy (non-hydrogen) atoms. The number of hydrogen-bond donors (Lipinski definition) is 0. The number of furan rings is 1. The molecule has 0 radical (unpaired) electrons. The zero-order valence-corrected chi connectivity index (χ0v) is 26.5. The second-order valence-electron chi connectivity index (χ2n) is 12.9. The standard InChI is InChI=1S/C46H28N2O/c1-2-14-32(15-3-1)47-40-19-9-6-16-34(40)35-25-23-31(27-42(35)47)38-28-39-36-17-8-11-21-43(36)49-46(39)45-44(38)37-18-7-10-20-41(37)48(45)33-24-22-29-12-4-5-13-30(29)26-33/h1-28H. The quantitative estimate of drug-likeness (QED) is 0.192. The van der Waals surface area contributed by atoms with Gasteiger partial charge >= 0.3 is 0 Å². The Bertz CT molecular complexity index is 3100. The Kier molecular flexibility index (Phi) is 5.38. The number of hydrogen-bond acceptors (Lipinski definition) is 1. The first-order valence-corrected chi connectivity index (χ1v) is 16.8. The molecule has 0 unspecified atom stereocenters. The smallest absolute Gasteiger partial charge is 0.160 e. The molecule has 0 saturated heterocycles. The minimum absolute atomic E-state index is 0.894. The van der Waals surface area contributed by atoms with E-state index in [1.165, 1.54) is 54.5 Å². The van der Waals surface area contributed by atoms with Crippen molar-refractivity contribution in [1.82, 2.24) is 9.13 Å². The Morgan fingerprint density at radius 2 is 1.06 bits per heavy atom. The first-order valence-electron chi connectivity index (χ1n) is 16.8. The molecule has 0 spiro atoms. The lowest BCUT2D eigenvalue weighted by molar-refractivity contribution is 0.671. The number of fused-ring (bicyclic) bond motifs is 11. The van der Waals surface area contributed by atoms with Crippen molar-refractivity contribution < 1.29 is 4.42 Å². The van der Waals surface area contributed by atoms with Crippen molar-refractivity contribution in [2.45, 2.75) is 0 Å². The number of benzene rings is 8. The third kappa shape index (κ3) is 3.73. The Hall–Kier alpha value is -6.58. The number of nitrogens with zero attached hydrogens (tertiary/aromatic N) is 2. The zero-order chi connectivity index (χ0) is 32.1. The predicted octanol–water partition coefficient (Wildman–Crippen LogP) is 12.6. The van der Waals surface area contributed by atoms with Crippen LogP contribution in [0.3, 0.4) is 0 Å². The lowest BCUT2D eigenvalue weighted by Gasteiger charge is -2.12. The van der Waals surface area contributed by atoms with Gasteiger partial charge < -0.3 is 13.6 Å². The van der Waals surface area contributed by atoms with Crippen LogP contribution in [-0.4, -0.2) is 9.13 Å². The van der Waals surface area contributed by atoms with E-state index >= 15 is 0 Å². The molecule has 3 aromatic heterocycles. The fourth-order valence-electron chi connectivity index (χ4n) is 8.13. The fourth-order valence-corrected chi connectivity index (χ4v) is 8.13. The minimum atomic E-state index is 0.894. The summed E-state index contributed by atoms with van der Waals surface area (Å²) in [6.07, 6.45) is 0. The van der Waals surface area contributed by atoms with E-state index in [2.05, 4.69) is 179 Å².